The van der Waals surface area contributed by atoms with Crippen LogP contribution >= 0.6 is 0 Å². The number of nitrogens with one attached hydrogen (secondary N) is 1. The van der Waals surface area contributed by atoms with Gasteiger partial charge in [0, 0.05) is 16.5 Å². The first kappa shape index (κ1) is 25.8. The van der Waals surface area contributed by atoms with Gasteiger partial charge in [-0.25, -0.2) is 15.0 Å². The van der Waals surface area contributed by atoms with Crippen LogP contribution in [0.3, 0.4) is 0 Å². The predicted octanol–water partition coefficient (Wildman–Crippen LogP) is 4.16. The maximum Gasteiger partial charge on any atom is 0.229 e. The van der Waals surface area contributed by atoms with Gasteiger partial charge in [0.15, 0.2) is 5.78 Å². The summed E-state index contributed by atoms with van der Waals surface area (Å²) in [5.74, 6) is 0.346. The number of aryl methyl sites for hydroxylation is 2. The van der Waals surface area contributed by atoms with Gasteiger partial charge in [-0.15, -0.1) is 0 Å². The third kappa shape index (κ3) is 5.42. The summed E-state index contributed by atoms with van der Waals surface area (Å²) in [6, 6.07) is 12.2. The Morgan fingerprint density at radius 3 is 2.47 bits per heavy atom. The molecule has 3 atom stereocenters. The summed E-state index contributed by atoms with van der Waals surface area (Å²) >= 11 is -2.20. The van der Waals surface area contributed by atoms with E-state index in [-0.39, 0.29) is 18.1 Å². The van der Waals surface area contributed by atoms with Crippen molar-refractivity contribution in [2.75, 3.05) is 5.32 Å². The van der Waals surface area contributed by atoms with E-state index in [0.29, 0.717) is 34.9 Å². The lowest BCUT2D eigenvalue weighted by Gasteiger charge is -2.37. The number of pyridine rings is 1. The van der Waals surface area contributed by atoms with Gasteiger partial charge in [-0.05, 0) is 73.0 Å². The summed E-state index contributed by atoms with van der Waals surface area (Å²) in [5, 5.41) is 2.21. The molecule has 188 valence electrons. The molecule has 0 bridgehead atoms. The topological polar surface area (TPSA) is 125 Å². The summed E-state index contributed by atoms with van der Waals surface area (Å²) in [5.41, 5.74) is 3.76. The van der Waals surface area contributed by atoms with Gasteiger partial charge in [0.25, 0.3) is 0 Å². The second-order valence-electron chi connectivity index (χ2n) is 10.0. The molecule has 3 aromatic rings. The molecule has 0 spiro atoms. The first-order valence-corrected chi connectivity index (χ1v) is 12.9. The smallest absolute Gasteiger partial charge is 0.229 e. The fourth-order valence-corrected chi connectivity index (χ4v) is 5.17. The van der Waals surface area contributed by atoms with E-state index in [4.69, 9.17) is 0 Å². The van der Waals surface area contributed by atoms with E-state index in [0.717, 1.165) is 17.0 Å². The molecule has 1 aromatic carbocycles. The predicted molar refractivity (Wildman–Crippen MR) is 136 cm³/mol. The monoisotopic (exact) mass is 505 g/mol. The summed E-state index contributed by atoms with van der Waals surface area (Å²) in [4.78, 5) is 39.7. The standard InChI is InChI=1S/C27H30N4O4S/c1-15-12-21(29-17(3)28-15)25-26(33)20-10-11-23(30-22(20)14-27(25,4)5)31-24(32)13-18-6-8-19(9-7-18)16(2)36(34)35/h6-12,16,25H,13-14H2,1-5H3,(H,34,35)(H,30,31,32)/p-1. The number of carbonyl (C=O) groups excluding carboxylic acids is 2. The van der Waals surface area contributed by atoms with Crippen molar-refractivity contribution in [3.63, 3.8) is 0 Å². The molecule has 2 aromatic heterocycles. The highest BCUT2D eigenvalue weighted by molar-refractivity contribution is 7.79. The number of nitrogens with zero attached hydrogens (tertiary/aromatic N) is 3. The van der Waals surface area contributed by atoms with Crippen LogP contribution in [0.5, 0.6) is 0 Å². The molecule has 0 saturated heterocycles. The lowest BCUT2D eigenvalue weighted by molar-refractivity contribution is -0.115. The van der Waals surface area contributed by atoms with Crippen molar-refractivity contribution in [2.24, 2.45) is 5.41 Å². The average molecular weight is 506 g/mol. The number of amides is 1. The van der Waals surface area contributed by atoms with Crippen molar-refractivity contribution in [1.82, 2.24) is 15.0 Å². The van der Waals surface area contributed by atoms with Crippen molar-refractivity contribution in [3.8, 4) is 0 Å². The minimum atomic E-state index is -2.20. The summed E-state index contributed by atoms with van der Waals surface area (Å²) in [6.07, 6.45) is 0.679. The van der Waals surface area contributed by atoms with E-state index in [1.54, 1.807) is 43.3 Å². The minimum Gasteiger partial charge on any atom is -0.772 e. The van der Waals surface area contributed by atoms with Crippen LogP contribution in [0.2, 0.25) is 0 Å². The lowest BCUT2D eigenvalue weighted by Crippen LogP contribution is -2.37. The number of rotatable bonds is 6. The number of fused-ring (bicyclic) bond motifs is 1. The number of benzene rings is 1. The van der Waals surface area contributed by atoms with E-state index in [1.165, 1.54) is 0 Å². The third-order valence-electron chi connectivity index (χ3n) is 6.56. The Morgan fingerprint density at radius 1 is 1.14 bits per heavy atom. The molecule has 0 aliphatic heterocycles. The van der Waals surface area contributed by atoms with Crippen LogP contribution in [0, 0.1) is 19.3 Å². The number of anilines is 1. The largest absolute Gasteiger partial charge is 0.772 e. The first-order valence-electron chi connectivity index (χ1n) is 11.8. The molecule has 1 aliphatic carbocycles. The molecule has 1 amide bonds. The maximum absolute atomic E-state index is 13.5. The summed E-state index contributed by atoms with van der Waals surface area (Å²) < 4.78 is 22.3. The second kappa shape index (κ2) is 9.99. The molecule has 0 fully saturated rings. The SMILES string of the molecule is Cc1cc(C2C(=O)c3ccc(NC(=O)Cc4ccc(C(C)S(=O)[O-])cc4)nc3CC2(C)C)nc(C)n1. The number of carbonyl (C=O) groups is 2. The molecule has 0 radical (unpaired) electrons. The van der Waals surface area contributed by atoms with E-state index < -0.39 is 27.7 Å². The molecule has 2 heterocycles. The van der Waals surface area contributed by atoms with Gasteiger partial charge >= 0.3 is 0 Å². The van der Waals surface area contributed by atoms with E-state index in [9.17, 15) is 18.4 Å². The zero-order chi connectivity index (χ0) is 26.2. The first-order chi connectivity index (χ1) is 16.9. The fourth-order valence-electron chi connectivity index (χ4n) is 4.79. The Hall–Kier alpha value is -3.30. The van der Waals surface area contributed by atoms with E-state index in [2.05, 4.69) is 20.3 Å². The van der Waals surface area contributed by atoms with Gasteiger partial charge in [-0.3, -0.25) is 13.8 Å². The van der Waals surface area contributed by atoms with Crippen molar-refractivity contribution in [3.05, 3.63) is 82.1 Å². The fraction of sp³-hybridized carbons (Fsp3) is 0.370. The van der Waals surface area contributed by atoms with Crippen LogP contribution in [0.25, 0.3) is 0 Å². The van der Waals surface area contributed by atoms with Crippen LogP contribution in [0.15, 0.2) is 42.5 Å². The van der Waals surface area contributed by atoms with Crippen molar-refractivity contribution >= 4 is 28.6 Å². The summed E-state index contributed by atoms with van der Waals surface area (Å²) in [6.45, 7) is 9.39. The van der Waals surface area contributed by atoms with Crippen LogP contribution in [-0.4, -0.2) is 35.4 Å². The van der Waals surface area contributed by atoms with E-state index >= 15 is 0 Å². The molecule has 0 saturated carbocycles. The molecule has 8 nitrogen and oxygen atoms in total. The zero-order valence-corrected chi connectivity index (χ0v) is 21.8. The van der Waals surface area contributed by atoms with Crippen molar-refractivity contribution in [2.45, 2.75) is 58.6 Å². The van der Waals surface area contributed by atoms with Crippen molar-refractivity contribution in [1.29, 1.82) is 0 Å². The van der Waals surface area contributed by atoms with Crippen molar-refractivity contribution < 1.29 is 18.4 Å². The molecular weight excluding hydrogens is 476 g/mol. The molecule has 9 heteroatoms. The van der Waals surface area contributed by atoms with Crippen LogP contribution in [0.4, 0.5) is 5.82 Å². The molecule has 4 rings (SSSR count). The number of hydrogen-bond acceptors (Lipinski definition) is 7. The molecule has 3 unspecified atom stereocenters. The molecule has 1 N–H and O–H groups in total. The highest BCUT2D eigenvalue weighted by Gasteiger charge is 2.44. The van der Waals surface area contributed by atoms with Crippen LogP contribution in [0.1, 0.15) is 76.3 Å². The molecular formula is C27H29N4O4S-. The Balaban J connectivity index is 1.50. The third-order valence-corrected chi connectivity index (χ3v) is 7.41. The Kier molecular flexibility index (Phi) is 7.15. The molecule has 1 aliphatic rings. The van der Waals surface area contributed by atoms with Gasteiger partial charge in [0.1, 0.15) is 11.6 Å². The normalized spacial score (nSPS) is 18.3. The number of ketones is 1. The van der Waals surface area contributed by atoms with Gasteiger partial charge in [-0.2, -0.15) is 0 Å². The number of hydrogen-bond donors (Lipinski definition) is 1. The Labute approximate surface area is 213 Å². The van der Waals surface area contributed by atoms with Gasteiger partial charge in [-0.1, -0.05) is 38.1 Å². The summed E-state index contributed by atoms with van der Waals surface area (Å²) in [7, 11) is 0. The highest BCUT2D eigenvalue weighted by atomic mass is 32.2. The van der Waals surface area contributed by atoms with Gasteiger partial charge < -0.3 is 9.87 Å². The number of Topliss-reactive ketones (excluding diaryl/α,β-unsaturated/α-hetero) is 1. The second-order valence-corrected chi connectivity index (χ2v) is 11.2. The maximum atomic E-state index is 13.5. The van der Waals surface area contributed by atoms with Crippen LogP contribution in [-0.2, 0) is 28.7 Å². The van der Waals surface area contributed by atoms with Gasteiger partial charge in [0.05, 0.1) is 23.7 Å². The quantitative estimate of drug-likeness (QED) is 0.499. The highest BCUT2D eigenvalue weighted by Crippen LogP contribution is 2.44. The van der Waals surface area contributed by atoms with Gasteiger partial charge in [0.2, 0.25) is 5.91 Å². The Morgan fingerprint density at radius 2 is 1.83 bits per heavy atom. The van der Waals surface area contributed by atoms with Crippen LogP contribution < -0.4 is 5.32 Å². The minimum absolute atomic E-state index is 0.0301. The zero-order valence-electron chi connectivity index (χ0n) is 21.0. The van der Waals surface area contributed by atoms with E-state index in [1.807, 2.05) is 33.8 Å². The number of aromatic nitrogens is 3. The molecule has 36 heavy (non-hydrogen) atoms. The Bertz CT molecular complexity index is 1330. The average Bonchev–Trinajstić information content (AvgIpc) is 2.77. The lowest BCUT2D eigenvalue weighted by atomic mass is 9.66.